The fraction of sp³-hybridized carbons (Fsp3) is 0.400. The van der Waals surface area contributed by atoms with Gasteiger partial charge in [-0.3, -0.25) is 4.79 Å². The van der Waals surface area contributed by atoms with Gasteiger partial charge in [-0.25, -0.2) is 19.0 Å². The molecule has 1 aliphatic rings. The largest absolute Gasteiger partial charge is 0.342 e. The molecule has 3 aromatic rings. The molecule has 1 atom stereocenters. The van der Waals surface area contributed by atoms with E-state index in [9.17, 15) is 9.18 Å². The molecule has 1 amide bonds. The first-order chi connectivity index (χ1) is 13.7. The lowest BCUT2D eigenvalue weighted by atomic mass is 10.0. The molecule has 0 aliphatic carbocycles. The zero-order chi connectivity index (χ0) is 19.5. The first kappa shape index (κ1) is 18.5. The van der Waals surface area contributed by atoms with Crippen LogP contribution in [0.5, 0.6) is 0 Å². The van der Waals surface area contributed by atoms with Crippen LogP contribution in [0.2, 0.25) is 0 Å². The van der Waals surface area contributed by atoms with Crippen LogP contribution in [0, 0.1) is 5.82 Å². The minimum atomic E-state index is -0.259. The number of nitrogens with zero attached hydrogens (tertiary/aromatic N) is 5. The molecule has 1 fully saturated rings. The van der Waals surface area contributed by atoms with Gasteiger partial charge in [-0.2, -0.15) is 5.10 Å². The normalized spacial score (nSPS) is 16.8. The molecule has 146 valence electrons. The van der Waals surface area contributed by atoms with E-state index in [1.54, 1.807) is 35.3 Å². The van der Waals surface area contributed by atoms with Gasteiger partial charge < -0.3 is 10.6 Å². The minimum absolute atomic E-state index is 0.0440. The number of aryl methyl sites for hydroxylation is 1. The van der Waals surface area contributed by atoms with Crippen LogP contribution in [-0.4, -0.2) is 50.2 Å². The van der Waals surface area contributed by atoms with Crippen LogP contribution in [0.15, 0.2) is 36.7 Å². The molecule has 8 heteroatoms. The van der Waals surface area contributed by atoms with Gasteiger partial charge in [0.15, 0.2) is 5.65 Å². The second kappa shape index (κ2) is 8.02. The fourth-order valence-corrected chi connectivity index (χ4v) is 3.79. The van der Waals surface area contributed by atoms with E-state index < -0.39 is 0 Å². The van der Waals surface area contributed by atoms with Gasteiger partial charge in [0, 0.05) is 44.4 Å². The van der Waals surface area contributed by atoms with E-state index in [1.807, 2.05) is 4.90 Å². The lowest BCUT2D eigenvalue weighted by molar-refractivity contribution is -0.130. The lowest BCUT2D eigenvalue weighted by Crippen LogP contribution is -2.28. The monoisotopic (exact) mass is 382 g/mol. The molecule has 0 spiro atoms. The summed E-state index contributed by atoms with van der Waals surface area (Å²) < 4.78 is 15.5. The molecule has 0 bridgehead atoms. The molecular formula is C20H23FN6O. The number of aromatic nitrogens is 4. The maximum atomic E-state index is 13.8. The van der Waals surface area contributed by atoms with E-state index in [0.717, 1.165) is 23.3 Å². The van der Waals surface area contributed by atoms with Crippen molar-refractivity contribution in [1.82, 2.24) is 24.6 Å². The maximum absolute atomic E-state index is 13.8. The highest BCUT2D eigenvalue weighted by Gasteiger charge is 2.31. The summed E-state index contributed by atoms with van der Waals surface area (Å²) in [5.74, 6) is -0.0942. The molecule has 4 rings (SSSR count). The number of amides is 1. The average molecular weight is 382 g/mol. The van der Waals surface area contributed by atoms with E-state index in [-0.39, 0.29) is 17.6 Å². The molecular weight excluding hydrogens is 359 g/mol. The Hall–Kier alpha value is -2.87. The van der Waals surface area contributed by atoms with E-state index in [0.29, 0.717) is 44.6 Å². The molecule has 1 aromatic carbocycles. The Morgan fingerprint density at radius 1 is 1.25 bits per heavy atom. The summed E-state index contributed by atoms with van der Waals surface area (Å²) in [5, 5.41) is 4.68. The van der Waals surface area contributed by atoms with Crippen LogP contribution < -0.4 is 5.73 Å². The number of carbonyl (C=O) groups is 1. The van der Waals surface area contributed by atoms with Gasteiger partial charge in [-0.1, -0.05) is 18.2 Å². The summed E-state index contributed by atoms with van der Waals surface area (Å²) in [5.41, 5.74) is 8.64. The van der Waals surface area contributed by atoms with Gasteiger partial charge >= 0.3 is 0 Å². The van der Waals surface area contributed by atoms with Crippen molar-refractivity contribution in [2.45, 2.75) is 31.7 Å². The van der Waals surface area contributed by atoms with Crippen molar-refractivity contribution in [3.8, 4) is 0 Å². The standard InChI is InChI=1S/C20H23FN6O/c21-16-4-2-1-3-14(16)5-6-17(28)26-11-7-15(13-26)18-19-20(24-10-9-23-19)27(25-18)12-8-22/h1-4,9-10,15H,5-8,11-13,22H2/t15-/m0/s1. The highest BCUT2D eigenvalue weighted by molar-refractivity contribution is 5.78. The molecule has 0 radical (unpaired) electrons. The van der Waals surface area contributed by atoms with Crippen LogP contribution in [0.4, 0.5) is 4.39 Å². The first-order valence-electron chi connectivity index (χ1n) is 9.56. The molecule has 3 heterocycles. The van der Waals surface area contributed by atoms with Crippen molar-refractivity contribution in [1.29, 1.82) is 0 Å². The molecule has 1 aliphatic heterocycles. The number of rotatable bonds is 6. The second-order valence-corrected chi connectivity index (χ2v) is 7.04. The van der Waals surface area contributed by atoms with Gasteiger partial charge in [0.25, 0.3) is 0 Å². The molecule has 0 saturated carbocycles. The van der Waals surface area contributed by atoms with Crippen LogP contribution >= 0.6 is 0 Å². The Kier molecular flexibility index (Phi) is 5.29. The number of carbonyl (C=O) groups excluding carboxylic acids is 1. The molecule has 7 nitrogen and oxygen atoms in total. The summed E-state index contributed by atoms with van der Waals surface area (Å²) in [6.45, 7) is 2.32. The van der Waals surface area contributed by atoms with Crippen LogP contribution in [0.3, 0.4) is 0 Å². The number of benzene rings is 1. The van der Waals surface area contributed by atoms with Crippen molar-refractivity contribution in [2.24, 2.45) is 5.73 Å². The number of hydrogen-bond acceptors (Lipinski definition) is 5. The van der Waals surface area contributed by atoms with E-state index in [2.05, 4.69) is 15.1 Å². The zero-order valence-corrected chi connectivity index (χ0v) is 15.6. The van der Waals surface area contributed by atoms with Gasteiger partial charge in [0.05, 0.1) is 12.2 Å². The lowest BCUT2D eigenvalue weighted by Gasteiger charge is -2.16. The van der Waals surface area contributed by atoms with Crippen LogP contribution in [-0.2, 0) is 17.8 Å². The van der Waals surface area contributed by atoms with Crippen molar-refractivity contribution >= 4 is 17.1 Å². The summed E-state index contributed by atoms with van der Waals surface area (Å²) in [7, 11) is 0. The highest BCUT2D eigenvalue weighted by Crippen LogP contribution is 2.30. The Labute approximate surface area is 162 Å². The summed E-state index contributed by atoms with van der Waals surface area (Å²) in [6.07, 6.45) is 4.85. The topological polar surface area (TPSA) is 89.9 Å². The Balaban J connectivity index is 1.45. The Morgan fingerprint density at radius 2 is 2.07 bits per heavy atom. The SMILES string of the molecule is NCCn1nc([C@H]2CCN(C(=O)CCc3ccccc3F)C2)c2nccnc21. The molecule has 0 unspecified atom stereocenters. The van der Waals surface area contributed by atoms with Crippen LogP contribution in [0.25, 0.3) is 11.2 Å². The van der Waals surface area contributed by atoms with Crippen molar-refractivity contribution in [3.63, 3.8) is 0 Å². The third-order valence-electron chi connectivity index (χ3n) is 5.23. The first-order valence-corrected chi connectivity index (χ1v) is 9.56. The average Bonchev–Trinajstić information content (AvgIpc) is 3.33. The fourth-order valence-electron chi connectivity index (χ4n) is 3.79. The van der Waals surface area contributed by atoms with Crippen molar-refractivity contribution in [2.75, 3.05) is 19.6 Å². The number of hydrogen-bond donors (Lipinski definition) is 1. The van der Waals surface area contributed by atoms with Gasteiger partial charge in [-0.05, 0) is 24.5 Å². The summed E-state index contributed by atoms with van der Waals surface area (Å²) in [6, 6.07) is 6.60. The van der Waals surface area contributed by atoms with E-state index >= 15 is 0 Å². The smallest absolute Gasteiger partial charge is 0.222 e. The zero-order valence-electron chi connectivity index (χ0n) is 15.6. The number of nitrogens with two attached hydrogens (primary N) is 1. The van der Waals surface area contributed by atoms with Crippen molar-refractivity contribution in [3.05, 3.63) is 53.7 Å². The highest BCUT2D eigenvalue weighted by atomic mass is 19.1. The van der Waals surface area contributed by atoms with Gasteiger partial charge in [-0.15, -0.1) is 0 Å². The summed E-state index contributed by atoms with van der Waals surface area (Å²) in [4.78, 5) is 23.3. The second-order valence-electron chi connectivity index (χ2n) is 7.04. The minimum Gasteiger partial charge on any atom is -0.342 e. The molecule has 2 aromatic heterocycles. The predicted molar refractivity (Wildman–Crippen MR) is 103 cm³/mol. The number of fused-ring (bicyclic) bond motifs is 1. The Morgan fingerprint density at radius 3 is 2.89 bits per heavy atom. The molecule has 1 saturated heterocycles. The van der Waals surface area contributed by atoms with Gasteiger partial charge in [0.1, 0.15) is 11.3 Å². The summed E-state index contributed by atoms with van der Waals surface area (Å²) >= 11 is 0. The van der Waals surface area contributed by atoms with E-state index in [4.69, 9.17) is 5.73 Å². The maximum Gasteiger partial charge on any atom is 0.222 e. The third-order valence-corrected chi connectivity index (χ3v) is 5.23. The van der Waals surface area contributed by atoms with E-state index in [1.165, 1.54) is 6.07 Å². The quantitative estimate of drug-likeness (QED) is 0.703. The van der Waals surface area contributed by atoms with Crippen LogP contribution in [0.1, 0.15) is 30.0 Å². The predicted octanol–water partition coefficient (Wildman–Crippen LogP) is 1.87. The number of halogens is 1. The number of likely N-dealkylation sites (tertiary alicyclic amines) is 1. The van der Waals surface area contributed by atoms with Gasteiger partial charge in [0.2, 0.25) is 5.91 Å². The Bertz CT molecular complexity index is 988. The van der Waals surface area contributed by atoms with Crippen molar-refractivity contribution < 1.29 is 9.18 Å². The third kappa shape index (κ3) is 3.60. The molecule has 2 N–H and O–H groups in total. The molecule has 28 heavy (non-hydrogen) atoms.